The van der Waals surface area contributed by atoms with E-state index in [0.29, 0.717) is 22.5 Å². The van der Waals surface area contributed by atoms with E-state index >= 15 is 4.39 Å². The van der Waals surface area contributed by atoms with Crippen molar-refractivity contribution in [2.24, 2.45) is 7.05 Å². The zero-order chi connectivity index (χ0) is 28.0. The quantitative estimate of drug-likeness (QED) is 0.234. The molecule has 0 unspecified atom stereocenters. The summed E-state index contributed by atoms with van der Waals surface area (Å²) in [6.07, 6.45) is 2.91. The van der Waals surface area contributed by atoms with Gasteiger partial charge in [-0.1, -0.05) is 12.1 Å². The smallest absolute Gasteiger partial charge is 0.282 e. The monoisotopic (exact) mass is 557 g/mol. The first kappa shape index (κ1) is 25.4. The number of aromatic nitrogens is 5. The molecule has 0 aliphatic heterocycles. The molecule has 0 fully saturated rings. The second-order valence-corrected chi connectivity index (χ2v) is 10.1. The molecule has 11 heteroatoms. The van der Waals surface area contributed by atoms with Crippen LogP contribution in [0.4, 0.5) is 8.78 Å². The van der Waals surface area contributed by atoms with Gasteiger partial charge in [-0.2, -0.15) is 10.1 Å². The van der Waals surface area contributed by atoms with Gasteiger partial charge in [-0.15, -0.1) is 11.3 Å². The Kier molecular flexibility index (Phi) is 6.35. The number of nitrogens with zero attached hydrogens (tertiary/aromatic N) is 5. The van der Waals surface area contributed by atoms with Crippen LogP contribution in [-0.4, -0.2) is 29.7 Å². The molecule has 0 aliphatic rings. The fourth-order valence-corrected chi connectivity index (χ4v) is 5.40. The van der Waals surface area contributed by atoms with Crippen LogP contribution in [-0.2, 0) is 13.5 Å². The van der Waals surface area contributed by atoms with E-state index in [4.69, 9.17) is 4.74 Å². The third kappa shape index (κ3) is 4.39. The third-order valence-electron chi connectivity index (χ3n) is 6.68. The maximum Gasteiger partial charge on any atom is 0.282 e. The number of ether oxygens (including phenoxy) is 1. The van der Waals surface area contributed by atoms with Crippen LogP contribution in [0.3, 0.4) is 0 Å². The molecular formula is C29H21F2N5O3S. The molecule has 0 saturated heterocycles. The summed E-state index contributed by atoms with van der Waals surface area (Å²) in [5.74, 6) is -1.45. The predicted molar refractivity (Wildman–Crippen MR) is 147 cm³/mol. The van der Waals surface area contributed by atoms with Crippen molar-refractivity contribution in [2.75, 3.05) is 0 Å². The van der Waals surface area contributed by atoms with Crippen LogP contribution in [0.15, 0.2) is 83.4 Å². The number of carbonyl (C=O) groups excluding carboxylic acids is 1. The molecule has 0 radical (unpaired) electrons. The van der Waals surface area contributed by atoms with Gasteiger partial charge in [-0.25, -0.2) is 18.0 Å². The van der Waals surface area contributed by atoms with Crippen molar-refractivity contribution in [2.45, 2.75) is 13.3 Å². The van der Waals surface area contributed by atoms with Crippen LogP contribution in [0.5, 0.6) is 11.6 Å². The number of thiophene rings is 1. The molecule has 0 aliphatic carbocycles. The number of ketones is 1. The van der Waals surface area contributed by atoms with Gasteiger partial charge in [0.2, 0.25) is 5.88 Å². The lowest BCUT2D eigenvalue weighted by Crippen LogP contribution is -2.23. The molecule has 0 saturated carbocycles. The highest BCUT2D eigenvalue weighted by atomic mass is 32.1. The minimum atomic E-state index is -0.681. The van der Waals surface area contributed by atoms with Gasteiger partial charge in [-0.3, -0.25) is 14.3 Å². The largest absolute Gasteiger partial charge is 0.434 e. The summed E-state index contributed by atoms with van der Waals surface area (Å²) in [4.78, 5) is 31.6. The van der Waals surface area contributed by atoms with Crippen molar-refractivity contribution in [1.82, 2.24) is 24.0 Å². The Labute approximate surface area is 230 Å². The van der Waals surface area contributed by atoms with Crippen LogP contribution in [0.1, 0.15) is 21.6 Å². The van der Waals surface area contributed by atoms with Crippen LogP contribution < -0.4 is 10.3 Å². The summed E-state index contributed by atoms with van der Waals surface area (Å²) < 4.78 is 38.9. The Bertz CT molecular complexity index is 1940. The van der Waals surface area contributed by atoms with E-state index in [1.54, 1.807) is 42.1 Å². The fraction of sp³-hybridized carbons (Fsp3) is 0.103. The van der Waals surface area contributed by atoms with E-state index in [1.165, 1.54) is 52.1 Å². The average Bonchev–Trinajstić information content (AvgIpc) is 3.66. The highest BCUT2D eigenvalue weighted by molar-refractivity contribution is 7.13. The first-order chi connectivity index (χ1) is 19.3. The van der Waals surface area contributed by atoms with Crippen molar-refractivity contribution < 1.29 is 18.3 Å². The summed E-state index contributed by atoms with van der Waals surface area (Å²) >= 11 is 1.55. The normalized spacial score (nSPS) is 11.3. The summed E-state index contributed by atoms with van der Waals surface area (Å²) in [5.41, 5.74) is 2.16. The van der Waals surface area contributed by atoms with Crippen molar-refractivity contribution in [1.29, 1.82) is 0 Å². The molecule has 40 heavy (non-hydrogen) atoms. The molecular weight excluding hydrogens is 536 g/mol. The van der Waals surface area contributed by atoms with Gasteiger partial charge in [0.25, 0.3) is 5.56 Å². The molecule has 0 atom stereocenters. The Morgan fingerprint density at radius 1 is 1.07 bits per heavy atom. The Morgan fingerprint density at radius 2 is 1.88 bits per heavy atom. The number of fused-ring (bicyclic) bond motifs is 1. The van der Waals surface area contributed by atoms with Gasteiger partial charge in [0, 0.05) is 35.8 Å². The molecule has 6 rings (SSSR count). The van der Waals surface area contributed by atoms with Gasteiger partial charge >= 0.3 is 0 Å². The van der Waals surface area contributed by atoms with Gasteiger partial charge < -0.3 is 4.74 Å². The SMILES string of the molecule is Cc1c(C(=O)Cc2ccc(Oc3ncnn4ccc(-c5cccs5)c34)c(F)c2)c(=O)n(-c2ccc(F)cc2)n1C. The maximum atomic E-state index is 15.2. The molecule has 0 amide bonds. The number of hydrogen-bond donors (Lipinski definition) is 0. The molecule has 4 heterocycles. The van der Waals surface area contributed by atoms with E-state index in [0.717, 1.165) is 10.4 Å². The molecule has 0 N–H and O–H groups in total. The molecule has 8 nitrogen and oxygen atoms in total. The summed E-state index contributed by atoms with van der Waals surface area (Å²) in [6, 6.07) is 15.4. The molecule has 0 spiro atoms. The topological polar surface area (TPSA) is 83.4 Å². The van der Waals surface area contributed by atoms with Crippen molar-refractivity contribution in [3.8, 4) is 27.8 Å². The Balaban J connectivity index is 1.27. The van der Waals surface area contributed by atoms with Crippen LogP contribution >= 0.6 is 11.3 Å². The Morgan fingerprint density at radius 3 is 2.60 bits per heavy atom. The number of halogens is 2. The van der Waals surface area contributed by atoms with Crippen LogP contribution in [0.2, 0.25) is 0 Å². The molecule has 2 aromatic carbocycles. The number of benzene rings is 2. The van der Waals surface area contributed by atoms with E-state index in [-0.39, 0.29) is 23.6 Å². The number of Topliss-reactive ketones (excluding diaryl/α,β-unsaturated/α-hetero) is 1. The van der Waals surface area contributed by atoms with Crippen molar-refractivity contribution >= 4 is 22.6 Å². The van der Waals surface area contributed by atoms with Gasteiger partial charge in [-0.05, 0) is 66.4 Å². The molecule has 200 valence electrons. The van der Waals surface area contributed by atoms with Gasteiger partial charge in [0.1, 0.15) is 23.2 Å². The van der Waals surface area contributed by atoms with Crippen LogP contribution in [0, 0.1) is 18.6 Å². The first-order valence-corrected chi connectivity index (χ1v) is 13.1. The average molecular weight is 558 g/mol. The first-order valence-electron chi connectivity index (χ1n) is 12.2. The predicted octanol–water partition coefficient (Wildman–Crippen LogP) is 5.75. The number of hydrogen-bond acceptors (Lipinski definition) is 6. The highest BCUT2D eigenvalue weighted by Gasteiger charge is 2.23. The number of carbonyl (C=O) groups is 1. The standard InChI is InChI=1S/C29H21F2N5O3S/c1-17-26(29(38)36(34(17)2)20-8-6-19(30)7-9-20)23(37)15-18-5-10-24(22(31)14-18)39-28-27-21(25-4-3-13-40-25)11-12-35(27)33-16-32-28/h3-14,16H,15H2,1-2H3. The maximum absolute atomic E-state index is 15.2. The van der Waals surface area contributed by atoms with E-state index in [9.17, 15) is 14.0 Å². The lowest BCUT2D eigenvalue weighted by Gasteiger charge is -2.09. The third-order valence-corrected chi connectivity index (χ3v) is 7.58. The van der Waals surface area contributed by atoms with Crippen molar-refractivity contribution in [3.63, 3.8) is 0 Å². The Hall–Kier alpha value is -4.90. The lowest BCUT2D eigenvalue weighted by atomic mass is 10.0. The van der Waals surface area contributed by atoms with E-state index in [1.807, 2.05) is 23.6 Å². The van der Waals surface area contributed by atoms with Crippen LogP contribution in [0.25, 0.3) is 21.6 Å². The molecule has 4 aromatic heterocycles. The minimum Gasteiger partial charge on any atom is -0.434 e. The second-order valence-electron chi connectivity index (χ2n) is 9.11. The zero-order valence-electron chi connectivity index (χ0n) is 21.3. The highest BCUT2D eigenvalue weighted by Crippen LogP contribution is 2.35. The van der Waals surface area contributed by atoms with Gasteiger partial charge in [0.15, 0.2) is 17.3 Å². The van der Waals surface area contributed by atoms with E-state index < -0.39 is 23.0 Å². The fourth-order valence-electron chi connectivity index (χ4n) is 4.65. The summed E-state index contributed by atoms with van der Waals surface area (Å²) in [5, 5.41) is 6.17. The summed E-state index contributed by atoms with van der Waals surface area (Å²) in [6.45, 7) is 1.65. The summed E-state index contributed by atoms with van der Waals surface area (Å²) in [7, 11) is 1.64. The minimum absolute atomic E-state index is 0.00900. The van der Waals surface area contributed by atoms with Crippen molar-refractivity contribution in [3.05, 3.63) is 117 Å². The molecule has 0 bridgehead atoms. The van der Waals surface area contributed by atoms with Gasteiger partial charge in [0.05, 0.1) is 5.69 Å². The number of rotatable bonds is 7. The lowest BCUT2D eigenvalue weighted by molar-refractivity contribution is 0.0991. The second kappa shape index (κ2) is 10.0. The zero-order valence-corrected chi connectivity index (χ0v) is 22.2. The molecule has 6 aromatic rings. The van der Waals surface area contributed by atoms with E-state index in [2.05, 4.69) is 10.1 Å².